The zero-order valence-corrected chi connectivity index (χ0v) is 23.5. The molecule has 2 amide bonds. The molecule has 0 bridgehead atoms. The van der Waals surface area contributed by atoms with Crippen molar-refractivity contribution in [3.63, 3.8) is 0 Å². The Hall–Kier alpha value is -2.93. The Kier molecular flexibility index (Phi) is 8.10. The summed E-state index contributed by atoms with van der Waals surface area (Å²) in [6.45, 7) is 3.09. The molecule has 0 spiro atoms. The number of likely N-dealkylation sites (tertiary alicyclic amines) is 1. The fraction of sp³-hybridized carbons (Fsp3) is 0.576. The molecule has 7 heteroatoms. The second-order valence-corrected chi connectivity index (χ2v) is 12.3. The SMILES string of the molecule is Cc1cccc(F)c1C(=O)N1C2CCCC2CC(C(=O)NC2CCOCC2)C1c1ccc(NC2CCCC2)cc1. The highest BCUT2D eigenvalue weighted by molar-refractivity contribution is 5.97. The number of nitrogens with one attached hydrogen (secondary N) is 2. The maximum atomic E-state index is 15.2. The Morgan fingerprint density at radius 1 is 0.900 bits per heavy atom. The lowest BCUT2D eigenvalue weighted by molar-refractivity contribution is -0.131. The average molecular weight is 548 g/mol. The van der Waals surface area contributed by atoms with Gasteiger partial charge in [0.05, 0.1) is 17.5 Å². The van der Waals surface area contributed by atoms with Crippen LogP contribution in [0.25, 0.3) is 0 Å². The van der Waals surface area contributed by atoms with Crippen molar-refractivity contribution in [2.75, 3.05) is 18.5 Å². The molecule has 2 aromatic carbocycles. The quantitative estimate of drug-likeness (QED) is 0.455. The normalized spacial score (nSPS) is 27.4. The summed E-state index contributed by atoms with van der Waals surface area (Å²) < 4.78 is 20.7. The standard InChI is InChI=1S/C33H42FN3O3/c1-21-6-4-10-28(34)30(21)33(39)37-29-11-5-7-23(29)20-27(32(38)36-26-16-18-40-19-17-26)31(37)22-12-14-25(15-13-22)35-24-8-2-3-9-24/h4,6,10,12-15,23-24,26-27,29,31,35H,2-3,5,7-9,11,16-20H2,1H3,(H,36,38). The van der Waals surface area contributed by atoms with E-state index in [9.17, 15) is 9.59 Å². The zero-order valence-electron chi connectivity index (χ0n) is 23.5. The molecule has 4 aliphatic rings. The predicted molar refractivity (Wildman–Crippen MR) is 154 cm³/mol. The molecule has 6 nitrogen and oxygen atoms in total. The van der Waals surface area contributed by atoms with E-state index in [1.54, 1.807) is 19.1 Å². The lowest BCUT2D eigenvalue weighted by Gasteiger charge is -2.48. The van der Waals surface area contributed by atoms with Crippen LogP contribution in [-0.4, -0.2) is 48.1 Å². The van der Waals surface area contributed by atoms with Gasteiger partial charge in [-0.2, -0.15) is 0 Å². The largest absolute Gasteiger partial charge is 0.382 e. The van der Waals surface area contributed by atoms with Crippen molar-refractivity contribution in [2.45, 2.75) is 95.3 Å². The first-order valence-electron chi connectivity index (χ1n) is 15.3. The number of rotatable bonds is 6. The molecule has 4 unspecified atom stereocenters. The number of piperidine rings is 1. The van der Waals surface area contributed by atoms with Crippen LogP contribution in [0.3, 0.4) is 0 Å². The summed E-state index contributed by atoms with van der Waals surface area (Å²) in [6.07, 6.45) is 10.1. The van der Waals surface area contributed by atoms with Crippen molar-refractivity contribution in [1.82, 2.24) is 10.2 Å². The van der Waals surface area contributed by atoms with Gasteiger partial charge in [0.15, 0.2) is 0 Å². The van der Waals surface area contributed by atoms with Crippen LogP contribution in [0.1, 0.15) is 91.7 Å². The average Bonchev–Trinajstić information content (AvgIpc) is 3.65. The van der Waals surface area contributed by atoms with Gasteiger partial charge in [-0.1, -0.05) is 43.5 Å². The highest BCUT2D eigenvalue weighted by Gasteiger charge is 2.50. The summed E-state index contributed by atoms with van der Waals surface area (Å²) in [5.41, 5.74) is 2.76. The number of anilines is 1. The summed E-state index contributed by atoms with van der Waals surface area (Å²) in [7, 11) is 0. The van der Waals surface area contributed by atoms with Gasteiger partial charge in [0.25, 0.3) is 5.91 Å². The zero-order chi connectivity index (χ0) is 27.6. The second kappa shape index (κ2) is 11.9. The molecular weight excluding hydrogens is 505 g/mol. The Morgan fingerprint density at radius 3 is 2.38 bits per heavy atom. The number of halogens is 1. The molecule has 4 atom stereocenters. The van der Waals surface area contributed by atoms with Crippen LogP contribution in [0.5, 0.6) is 0 Å². The number of hydrogen-bond acceptors (Lipinski definition) is 4. The number of ether oxygens (including phenoxy) is 1. The Labute approximate surface area is 237 Å². The predicted octanol–water partition coefficient (Wildman–Crippen LogP) is 6.16. The van der Waals surface area contributed by atoms with E-state index >= 15 is 4.39 Å². The third-order valence-electron chi connectivity index (χ3n) is 9.77. The van der Waals surface area contributed by atoms with E-state index in [-0.39, 0.29) is 35.4 Å². The minimum atomic E-state index is -0.497. The molecule has 2 aromatic rings. The van der Waals surface area contributed by atoms with Gasteiger partial charge in [0.2, 0.25) is 5.91 Å². The third-order valence-corrected chi connectivity index (χ3v) is 9.77. The Morgan fingerprint density at radius 2 is 1.65 bits per heavy atom. The van der Waals surface area contributed by atoms with Crippen molar-refractivity contribution in [1.29, 1.82) is 0 Å². The molecule has 2 saturated heterocycles. The summed E-state index contributed by atoms with van der Waals surface area (Å²) in [5, 5.41) is 6.96. The number of carbonyl (C=O) groups excluding carboxylic acids is 2. The molecule has 0 radical (unpaired) electrons. The number of nitrogens with zero attached hydrogens (tertiary/aromatic N) is 1. The minimum absolute atomic E-state index is 0.0000676. The van der Waals surface area contributed by atoms with Crippen LogP contribution in [0, 0.1) is 24.6 Å². The molecule has 2 N–H and O–H groups in total. The molecule has 2 aliphatic carbocycles. The molecular formula is C33H42FN3O3. The van der Waals surface area contributed by atoms with E-state index in [4.69, 9.17) is 4.74 Å². The number of benzene rings is 2. The summed E-state index contributed by atoms with van der Waals surface area (Å²) in [5.74, 6) is -0.955. The fourth-order valence-electron chi connectivity index (χ4n) is 7.70. The lowest BCUT2D eigenvalue weighted by atomic mass is 9.75. The van der Waals surface area contributed by atoms with Gasteiger partial charge in [-0.25, -0.2) is 4.39 Å². The smallest absolute Gasteiger partial charge is 0.257 e. The molecule has 2 heterocycles. The first-order chi connectivity index (χ1) is 19.5. The van der Waals surface area contributed by atoms with Gasteiger partial charge in [-0.05, 0) is 87.1 Å². The molecule has 2 aliphatic heterocycles. The minimum Gasteiger partial charge on any atom is -0.382 e. The summed E-state index contributed by atoms with van der Waals surface area (Å²) in [4.78, 5) is 30.2. The van der Waals surface area contributed by atoms with Gasteiger partial charge >= 0.3 is 0 Å². The van der Waals surface area contributed by atoms with Crippen molar-refractivity contribution < 1.29 is 18.7 Å². The van der Waals surface area contributed by atoms with Crippen molar-refractivity contribution in [3.05, 3.63) is 65.0 Å². The first kappa shape index (κ1) is 27.3. The molecule has 40 heavy (non-hydrogen) atoms. The Bertz CT molecular complexity index is 1190. The molecule has 6 rings (SSSR count). The maximum Gasteiger partial charge on any atom is 0.257 e. The van der Waals surface area contributed by atoms with Gasteiger partial charge in [0, 0.05) is 37.0 Å². The van der Waals surface area contributed by atoms with Crippen LogP contribution in [0.2, 0.25) is 0 Å². The molecule has 4 fully saturated rings. The maximum absolute atomic E-state index is 15.2. The molecule has 2 saturated carbocycles. The molecule has 214 valence electrons. The highest BCUT2D eigenvalue weighted by atomic mass is 19.1. The molecule has 0 aromatic heterocycles. The van der Waals surface area contributed by atoms with Crippen LogP contribution in [0.15, 0.2) is 42.5 Å². The summed E-state index contributed by atoms with van der Waals surface area (Å²) in [6, 6.07) is 13.2. The van der Waals surface area contributed by atoms with E-state index in [2.05, 4.69) is 34.9 Å². The lowest BCUT2D eigenvalue weighted by Crippen LogP contribution is -2.55. The van der Waals surface area contributed by atoms with E-state index < -0.39 is 17.8 Å². The summed E-state index contributed by atoms with van der Waals surface area (Å²) >= 11 is 0. The van der Waals surface area contributed by atoms with E-state index in [0.29, 0.717) is 24.8 Å². The van der Waals surface area contributed by atoms with Crippen LogP contribution in [-0.2, 0) is 9.53 Å². The van der Waals surface area contributed by atoms with Gasteiger partial charge in [-0.15, -0.1) is 0 Å². The van der Waals surface area contributed by atoms with Crippen molar-refractivity contribution in [3.8, 4) is 0 Å². The number of aryl methyl sites for hydroxylation is 1. The van der Waals surface area contributed by atoms with Crippen LogP contribution >= 0.6 is 0 Å². The number of carbonyl (C=O) groups is 2. The van der Waals surface area contributed by atoms with Crippen LogP contribution in [0.4, 0.5) is 10.1 Å². The van der Waals surface area contributed by atoms with Gasteiger partial charge < -0.3 is 20.3 Å². The number of amides is 2. The monoisotopic (exact) mass is 547 g/mol. The topological polar surface area (TPSA) is 70.7 Å². The fourth-order valence-corrected chi connectivity index (χ4v) is 7.70. The van der Waals surface area contributed by atoms with Gasteiger partial charge in [0.1, 0.15) is 5.82 Å². The number of hydrogen-bond donors (Lipinski definition) is 2. The van der Waals surface area contributed by atoms with E-state index in [1.807, 2.05) is 4.90 Å². The van der Waals surface area contributed by atoms with E-state index in [0.717, 1.165) is 49.8 Å². The highest BCUT2D eigenvalue weighted by Crippen LogP contribution is 2.49. The van der Waals surface area contributed by atoms with Crippen LogP contribution < -0.4 is 10.6 Å². The first-order valence-corrected chi connectivity index (χ1v) is 15.3. The van der Waals surface area contributed by atoms with E-state index in [1.165, 1.54) is 31.7 Å². The van der Waals surface area contributed by atoms with Crippen molar-refractivity contribution >= 4 is 17.5 Å². The number of fused-ring (bicyclic) bond motifs is 1. The van der Waals surface area contributed by atoms with Gasteiger partial charge in [-0.3, -0.25) is 9.59 Å². The third kappa shape index (κ3) is 5.50. The van der Waals surface area contributed by atoms with Crippen molar-refractivity contribution in [2.24, 2.45) is 11.8 Å². The Balaban J connectivity index is 1.37. The second-order valence-electron chi connectivity index (χ2n) is 12.3.